The Morgan fingerprint density at radius 1 is 0.900 bits per heavy atom. The molecule has 0 spiro atoms. The molecule has 0 bridgehead atoms. The Labute approximate surface area is 179 Å². The Morgan fingerprint density at radius 2 is 1.57 bits per heavy atom. The zero-order valence-electron chi connectivity index (χ0n) is 18.1. The highest BCUT2D eigenvalue weighted by Crippen LogP contribution is 2.34. The van der Waals surface area contributed by atoms with Gasteiger partial charge in [0.05, 0.1) is 0 Å². The van der Waals surface area contributed by atoms with Gasteiger partial charge in [0.15, 0.2) is 0 Å². The molecule has 2 aromatic carbocycles. The van der Waals surface area contributed by atoms with E-state index in [1.165, 1.54) is 5.56 Å². The summed E-state index contributed by atoms with van der Waals surface area (Å²) in [6.07, 6.45) is 5.03. The number of carbonyl (C=O) groups is 2. The van der Waals surface area contributed by atoms with Crippen LogP contribution in [0, 0.1) is 12.8 Å². The van der Waals surface area contributed by atoms with Crippen molar-refractivity contribution in [2.45, 2.75) is 58.0 Å². The Hall–Kier alpha value is -2.62. The quantitative estimate of drug-likeness (QED) is 0.735. The lowest BCUT2D eigenvalue weighted by atomic mass is 9.85. The van der Waals surface area contributed by atoms with Gasteiger partial charge in [0.1, 0.15) is 12.6 Å². The molecule has 2 aromatic rings. The highest BCUT2D eigenvalue weighted by Gasteiger charge is 2.43. The van der Waals surface area contributed by atoms with Crippen molar-refractivity contribution in [2.24, 2.45) is 5.92 Å². The number of nitrogens with zero attached hydrogens (tertiary/aromatic N) is 2. The van der Waals surface area contributed by atoms with Gasteiger partial charge in [-0.2, -0.15) is 0 Å². The third kappa shape index (κ3) is 4.43. The van der Waals surface area contributed by atoms with Gasteiger partial charge in [0.25, 0.3) is 5.91 Å². The van der Waals surface area contributed by atoms with Crippen LogP contribution in [-0.2, 0) is 16.0 Å². The van der Waals surface area contributed by atoms with Gasteiger partial charge in [0, 0.05) is 12.6 Å². The number of amides is 2. The van der Waals surface area contributed by atoms with Crippen LogP contribution in [0.1, 0.15) is 55.3 Å². The molecule has 1 aliphatic carbocycles. The highest BCUT2D eigenvalue weighted by atomic mass is 16.2. The van der Waals surface area contributed by atoms with Crippen molar-refractivity contribution in [1.29, 1.82) is 0 Å². The van der Waals surface area contributed by atoms with Crippen molar-refractivity contribution in [2.75, 3.05) is 13.1 Å². The van der Waals surface area contributed by atoms with Crippen molar-refractivity contribution in [3.05, 3.63) is 71.3 Å². The molecule has 0 radical (unpaired) electrons. The maximum absolute atomic E-state index is 13.7. The lowest BCUT2D eigenvalue weighted by molar-refractivity contribution is -0.159. The van der Waals surface area contributed by atoms with E-state index in [4.69, 9.17) is 0 Å². The van der Waals surface area contributed by atoms with Crippen LogP contribution in [0.3, 0.4) is 0 Å². The molecule has 4 heteroatoms. The number of hydrogen-bond acceptors (Lipinski definition) is 2. The summed E-state index contributed by atoms with van der Waals surface area (Å²) in [5, 5.41) is 0. The summed E-state index contributed by atoms with van der Waals surface area (Å²) in [5.41, 5.74) is 3.26. The van der Waals surface area contributed by atoms with E-state index in [0.717, 1.165) is 43.2 Å². The number of hydrogen-bond donors (Lipinski definition) is 0. The first-order valence-electron chi connectivity index (χ1n) is 11.2. The predicted molar refractivity (Wildman–Crippen MR) is 119 cm³/mol. The van der Waals surface area contributed by atoms with Gasteiger partial charge in [-0.15, -0.1) is 0 Å². The monoisotopic (exact) mass is 404 g/mol. The summed E-state index contributed by atoms with van der Waals surface area (Å²) >= 11 is 0. The molecular weight excluding hydrogens is 372 g/mol. The Balaban J connectivity index is 1.59. The van der Waals surface area contributed by atoms with Crippen molar-refractivity contribution in [3.8, 4) is 0 Å². The predicted octanol–water partition coefficient (Wildman–Crippen LogP) is 4.53. The Bertz CT molecular complexity index is 870. The van der Waals surface area contributed by atoms with E-state index in [1.807, 2.05) is 59.2 Å². The number of piperazine rings is 1. The van der Waals surface area contributed by atoms with E-state index in [0.29, 0.717) is 12.5 Å². The number of aryl methyl sites for hydroxylation is 1. The van der Waals surface area contributed by atoms with Crippen LogP contribution in [0.15, 0.2) is 54.6 Å². The molecule has 4 nitrogen and oxygen atoms in total. The average molecular weight is 405 g/mol. The van der Waals surface area contributed by atoms with E-state index >= 15 is 0 Å². The second-order valence-electron chi connectivity index (χ2n) is 9.02. The van der Waals surface area contributed by atoms with Crippen LogP contribution in [-0.4, -0.2) is 40.7 Å². The van der Waals surface area contributed by atoms with Crippen molar-refractivity contribution in [3.63, 3.8) is 0 Å². The Kier molecular flexibility index (Phi) is 6.21. The fourth-order valence-corrected chi connectivity index (χ4v) is 4.83. The molecule has 1 heterocycles. The van der Waals surface area contributed by atoms with Crippen molar-refractivity contribution in [1.82, 2.24) is 9.80 Å². The molecule has 30 heavy (non-hydrogen) atoms. The lowest BCUT2D eigenvalue weighted by Gasteiger charge is -2.45. The van der Waals surface area contributed by atoms with Crippen LogP contribution in [0.2, 0.25) is 0 Å². The van der Waals surface area contributed by atoms with Gasteiger partial charge in [0.2, 0.25) is 5.91 Å². The second kappa shape index (κ2) is 9.03. The van der Waals surface area contributed by atoms with Gasteiger partial charge < -0.3 is 9.80 Å². The first kappa shape index (κ1) is 20.6. The van der Waals surface area contributed by atoms with Crippen molar-refractivity contribution < 1.29 is 9.59 Å². The van der Waals surface area contributed by atoms with Crippen molar-refractivity contribution >= 4 is 11.8 Å². The minimum absolute atomic E-state index is 0.0646. The molecule has 1 unspecified atom stereocenters. The van der Waals surface area contributed by atoms with E-state index < -0.39 is 6.04 Å². The molecule has 158 valence electrons. The molecular formula is C26H32N2O2. The third-order valence-electron chi connectivity index (χ3n) is 6.76. The number of benzene rings is 2. The molecule has 1 saturated carbocycles. The summed E-state index contributed by atoms with van der Waals surface area (Å²) < 4.78 is 0. The van der Waals surface area contributed by atoms with Crippen LogP contribution in [0.25, 0.3) is 0 Å². The van der Waals surface area contributed by atoms with E-state index in [1.54, 1.807) is 0 Å². The smallest absolute Gasteiger partial charge is 0.250 e. The minimum atomic E-state index is -0.519. The fraction of sp³-hybridized carbons (Fsp3) is 0.462. The van der Waals surface area contributed by atoms with Crippen LogP contribution in [0.4, 0.5) is 0 Å². The van der Waals surface area contributed by atoms with Gasteiger partial charge in [-0.1, -0.05) is 67.1 Å². The second-order valence-corrected chi connectivity index (χ2v) is 9.02. The zero-order valence-corrected chi connectivity index (χ0v) is 18.1. The summed E-state index contributed by atoms with van der Waals surface area (Å²) in [6.45, 7) is 5.10. The SMILES string of the molecule is Cc1ccc(C2C(=O)N(C3CCC(C)CC3)CC(=O)N2CCc2ccccc2)cc1. The Morgan fingerprint density at radius 3 is 2.23 bits per heavy atom. The van der Waals surface area contributed by atoms with E-state index in [-0.39, 0.29) is 24.4 Å². The molecule has 4 rings (SSSR count). The van der Waals surface area contributed by atoms with Gasteiger partial charge in [-0.05, 0) is 56.1 Å². The molecule has 2 fully saturated rings. The van der Waals surface area contributed by atoms with E-state index in [9.17, 15) is 9.59 Å². The molecule has 1 aliphatic heterocycles. The normalized spacial score (nSPS) is 24.9. The van der Waals surface area contributed by atoms with Crippen LogP contribution in [0.5, 0.6) is 0 Å². The summed E-state index contributed by atoms with van der Waals surface area (Å²) in [5.74, 6) is 0.868. The lowest BCUT2D eigenvalue weighted by Crippen LogP contribution is -2.59. The fourth-order valence-electron chi connectivity index (χ4n) is 4.83. The largest absolute Gasteiger partial charge is 0.328 e. The summed E-state index contributed by atoms with van der Waals surface area (Å²) in [4.78, 5) is 30.6. The van der Waals surface area contributed by atoms with Crippen LogP contribution >= 0.6 is 0 Å². The minimum Gasteiger partial charge on any atom is -0.328 e. The first-order valence-corrected chi connectivity index (χ1v) is 11.2. The van der Waals surface area contributed by atoms with Gasteiger partial charge >= 0.3 is 0 Å². The standard InChI is InChI=1S/C26H32N2O2/c1-19-8-12-22(13-9-19)25-26(30)28(23-14-10-20(2)11-15-23)18-24(29)27(25)17-16-21-6-4-3-5-7-21/h3-9,12-13,20,23,25H,10-11,14-18H2,1-2H3. The van der Waals surface area contributed by atoms with Crippen LogP contribution < -0.4 is 0 Å². The number of carbonyl (C=O) groups excluding carboxylic acids is 2. The maximum Gasteiger partial charge on any atom is 0.250 e. The summed E-state index contributed by atoms with van der Waals surface area (Å²) in [7, 11) is 0. The topological polar surface area (TPSA) is 40.6 Å². The highest BCUT2D eigenvalue weighted by molar-refractivity contribution is 5.95. The molecule has 1 saturated heterocycles. The molecule has 0 N–H and O–H groups in total. The molecule has 0 aromatic heterocycles. The zero-order chi connectivity index (χ0) is 21.1. The molecule has 1 atom stereocenters. The summed E-state index contributed by atoms with van der Waals surface area (Å²) in [6, 6.07) is 17.9. The maximum atomic E-state index is 13.7. The van der Waals surface area contributed by atoms with E-state index in [2.05, 4.69) is 19.1 Å². The third-order valence-corrected chi connectivity index (χ3v) is 6.76. The molecule has 2 aliphatic rings. The van der Waals surface area contributed by atoms with Gasteiger partial charge in [-0.25, -0.2) is 0 Å². The van der Waals surface area contributed by atoms with Gasteiger partial charge in [-0.3, -0.25) is 9.59 Å². The number of rotatable bonds is 5. The average Bonchev–Trinajstić information content (AvgIpc) is 2.76. The first-order chi connectivity index (χ1) is 14.5. The molecule has 2 amide bonds.